The fraction of sp³-hybridized carbons (Fsp3) is 0.278. The number of rotatable bonds is 8. The Kier molecular flexibility index (Phi) is 6.77. The Morgan fingerprint density at radius 3 is 2.24 bits per heavy atom. The zero-order valence-electron chi connectivity index (χ0n) is 14.4. The number of anilines is 1. The number of nitrogens with one attached hydrogen (secondary N) is 2. The van der Waals surface area contributed by atoms with Crippen LogP contribution in [0.5, 0.6) is 17.2 Å². The lowest BCUT2D eigenvalue weighted by Gasteiger charge is -2.15. The molecule has 0 aliphatic carbocycles. The van der Waals surface area contributed by atoms with Crippen LogP contribution in [0, 0.1) is 0 Å². The van der Waals surface area contributed by atoms with Crippen LogP contribution in [0.3, 0.4) is 0 Å². The molecule has 0 saturated carbocycles. The molecular weight excluding hydrogens is 344 g/mol. The molecule has 0 fully saturated rings. The van der Waals surface area contributed by atoms with E-state index in [2.05, 4.69) is 10.6 Å². The maximum atomic E-state index is 12.0. The van der Waals surface area contributed by atoms with Gasteiger partial charge in [0, 0.05) is 29.4 Å². The second kappa shape index (κ2) is 9.03. The lowest BCUT2D eigenvalue weighted by atomic mass is 10.2. The largest absolute Gasteiger partial charge is 0.493 e. The Morgan fingerprint density at radius 1 is 1.04 bits per heavy atom. The minimum Gasteiger partial charge on any atom is -0.493 e. The molecule has 0 spiro atoms. The van der Waals surface area contributed by atoms with Crippen LogP contribution in [-0.4, -0.2) is 33.8 Å². The van der Waals surface area contributed by atoms with Crippen molar-refractivity contribution in [2.24, 2.45) is 0 Å². The molecule has 0 bridgehead atoms. The van der Waals surface area contributed by atoms with Gasteiger partial charge in [-0.25, -0.2) is 0 Å². The van der Waals surface area contributed by atoms with E-state index in [4.69, 9.17) is 25.8 Å². The molecule has 0 saturated heterocycles. The van der Waals surface area contributed by atoms with E-state index in [0.717, 1.165) is 5.56 Å². The smallest absolute Gasteiger partial charge is 0.239 e. The highest BCUT2D eigenvalue weighted by atomic mass is 35.5. The Hall–Kier alpha value is -2.60. The van der Waals surface area contributed by atoms with Crippen molar-refractivity contribution in [2.75, 3.05) is 33.2 Å². The van der Waals surface area contributed by atoms with E-state index in [1.54, 1.807) is 18.2 Å². The van der Waals surface area contributed by atoms with Crippen molar-refractivity contribution in [3.63, 3.8) is 0 Å². The fourth-order valence-corrected chi connectivity index (χ4v) is 2.47. The molecule has 0 heterocycles. The summed E-state index contributed by atoms with van der Waals surface area (Å²) in [6.45, 7) is 0.471. The van der Waals surface area contributed by atoms with Gasteiger partial charge in [0.2, 0.25) is 11.7 Å². The molecule has 134 valence electrons. The lowest BCUT2D eigenvalue weighted by Crippen LogP contribution is -2.29. The molecule has 0 atom stereocenters. The van der Waals surface area contributed by atoms with Crippen LogP contribution in [-0.2, 0) is 11.3 Å². The summed E-state index contributed by atoms with van der Waals surface area (Å²) in [5.41, 5.74) is 1.55. The van der Waals surface area contributed by atoms with Crippen molar-refractivity contribution in [1.29, 1.82) is 0 Å². The third kappa shape index (κ3) is 4.93. The molecule has 25 heavy (non-hydrogen) atoms. The summed E-state index contributed by atoms with van der Waals surface area (Å²) in [4.78, 5) is 12.0. The average molecular weight is 365 g/mol. The molecule has 2 rings (SSSR count). The van der Waals surface area contributed by atoms with Gasteiger partial charge in [-0.3, -0.25) is 4.79 Å². The zero-order chi connectivity index (χ0) is 18.2. The Balaban J connectivity index is 1.96. The molecule has 2 aromatic carbocycles. The highest BCUT2D eigenvalue weighted by Gasteiger charge is 2.13. The molecular formula is C18H21ClN2O4. The van der Waals surface area contributed by atoms with E-state index in [0.29, 0.717) is 34.5 Å². The number of carbonyl (C=O) groups is 1. The normalized spacial score (nSPS) is 10.1. The Labute approximate surface area is 152 Å². The fourth-order valence-electron chi connectivity index (χ4n) is 2.26. The van der Waals surface area contributed by atoms with Gasteiger partial charge >= 0.3 is 0 Å². The number of hydrogen-bond donors (Lipinski definition) is 2. The van der Waals surface area contributed by atoms with Crippen LogP contribution in [0.15, 0.2) is 36.4 Å². The molecule has 0 unspecified atom stereocenters. The minimum absolute atomic E-state index is 0.100. The van der Waals surface area contributed by atoms with Gasteiger partial charge in [0.15, 0.2) is 11.5 Å². The molecule has 0 radical (unpaired) electrons. The monoisotopic (exact) mass is 364 g/mol. The van der Waals surface area contributed by atoms with Crippen LogP contribution in [0.4, 0.5) is 5.69 Å². The molecule has 1 amide bonds. The number of methoxy groups -OCH3 is 3. The van der Waals surface area contributed by atoms with Gasteiger partial charge in [-0.2, -0.15) is 0 Å². The highest BCUT2D eigenvalue weighted by Crippen LogP contribution is 2.39. The molecule has 0 aromatic heterocycles. The molecule has 2 aromatic rings. The standard InChI is InChI=1S/C18H21ClN2O4/c1-23-15-8-13(9-16(24-2)18(15)25-3)20-11-17(22)21-10-12-6-4-5-7-14(12)19/h4-9,20H,10-11H2,1-3H3,(H,21,22). The Bertz CT molecular complexity index is 712. The van der Waals surface area contributed by atoms with Gasteiger partial charge in [0.1, 0.15) is 0 Å². The summed E-state index contributed by atoms with van der Waals surface area (Å²) < 4.78 is 15.8. The van der Waals surface area contributed by atoms with Gasteiger partial charge in [-0.1, -0.05) is 29.8 Å². The summed E-state index contributed by atoms with van der Waals surface area (Å²) in [6, 6.07) is 10.9. The molecule has 6 nitrogen and oxygen atoms in total. The molecule has 0 aliphatic rings. The second-order valence-corrected chi connectivity index (χ2v) is 5.54. The van der Waals surface area contributed by atoms with E-state index in [1.807, 2.05) is 18.2 Å². The number of benzene rings is 2. The van der Waals surface area contributed by atoms with Crippen LogP contribution in [0.1, 0.15) is 5.56 Å². The maximum absolute atomic E-state index is 12.0. The average Bonchev–Trinajstić information content (AvgIpc) is 2.64. The number of amides is 1. The maximum Gasteiger partial charge on any atom is 0.239 e. The van der Waals surface area contributed by atoms with Gasteiger partial charge in [0.25, 0.3) is 0 Å². The van der Waals surface area contributed by atoms with Crippen molar-refractivity contribution >= 4 is 23.2 Å². The van der Waals surface area contributed by atoms with Gasteiger partial charge in [-0.05, 0) is 11.6 Å². The molecule has 0 aliphatic heterocycles. The number of hydrogen-bond acceptors (Lipinski definition) is 5. The lowest BCUT2D eigenvalue weighted by molar-refractivity contribution is -0.119. The predicted octanol–water partition coefficient (Wildman–Crippen LogP) is 3.09. The number of ether oxygens (including phenoxy) is 3. The van der Waals surface area contributed by atoms with Crippen molar-refractivity contribution in [3.05, 3.63) is 47.0 Å². The first-order valence-electron chi connectivity index (χ1n) is 7.63. The van der Waals surface area contributed by atoms with Crippen LogP contribution in [0.2, 0.25) is 5.02 Å². The first-order valence-corrected chi connectivity index (χ1v) is 8.00. The topological polar surface area (TPSA) is 68.8 Å². The first kappa shape index (κ1) is 18.7. The third-order valence-corrected chi connectivity index (χ3v) is 3.92. The van der Waals surface area contributed by atoms with Gasteiger partial charge < -0.3 is 24.8 Å². The van der Waals surface area contributed by atoms with E-state index < -0.39 is 0 Å². The summed E-state index contributed by atoms with van der Waals surface area (Å²) in [5, 5.41) is 6.48. The van der Waals surface area contributed by atoms with E-state index in [9.17, 15) is 4.79 Å². The Morgan fingerprint density at radius 2 is 1.68 bits per heavy atom. The summed E-state index contributed by atoms with van der Waals surface area (Å²) in [7, 11) is 4.62. The summed E-state index contributed by atoms with van der Waals surface area (Å²) in [6.07, 6.45) is 0. The predicted molar refractivity (Wildman–Crippen MR) is 97.9 cm³/mol. The number of carbonyl (C=O) groups excluding carboxylic acids is 1. The number of halogens is 1. The second-order valence-electron chi connectivity index (χ2n) is 5.14. The van der Waals surface area contributed by atoms with Crippen molar-refractivity contribution in [1.82, 2.24) is 5.32 Å². The van der Waals surface area contributed by atoms with E-state index >= 15 is 0 Å². The van der Waals surface area contributed by atoms with Crippen molar-refractivity contribution < 1.29 is 19.0 Å². The summed E-state index contributed by atoms with van der Waals surface area (Å²) >= 11 is 6.07. The van der Waals surface area contributed by atoms with Crippen LogP contribution < -0.4 is 24.8 Å². The first-order chi connectivity index (χ1) is 12.1. The SMILES string of the molecule is COc1cc(NCC(=O)NCc2ccccc2Cl)cc(OC)c1OC. The van der Waals surface area contributed by atoms with E-state index in [-0.39, 0.29) is 12.5 Å². The van der Waals surface area contributed by atoms with Gasteiger partial charge in [-0.15, -0.1) is 0 Å². The zero-order valence-corrected chi connectivity index (χ0v) is 15.1. The van der Waals surface area contributed by atoms with Crippen LogP contribution in [0.25, 0.3) is 0 Å². The summed E-state index contributed by atoms with van der Waals surface area (Å²) in [5.74, 6) is 1.37. The van der Waals surface area contributed by atoms with E-state index in [1.165, 1.54) is 21.3 Å². The third-order valence-electron chi connectivity index (χ3n) is 3.55. The highest BCUT2D eigenvalue weighted by molar-refractivity contribution is 6.31. The minimum atomic E-state index is -0.159. The van der Waals surface area contributed by atoms with Crippen molar-refractivity contribution in [2.45, 2.75) is 6.54 Å². The molecule has 7 heteroatoms. The van der Waals surface area contributed by atoms with Crippen LogP contribution >= 0.6 is 11.6 Å². The van der Waals surface area contributed by atoms with Crippen molar-refractivity contribution in [3.8, 4) is 17.2 Å². The van der Waals surface area contributed by atoms with Gasteiger partial charge in [0.05, 0.1) is 27.9 Å². The quantitative estimate of drug-likeness (QED) is 0.753. The molecule has 2 N–H and O–H groups in total.